The SMILES string of the molecule is O=C(NCCOc1ccc(Br)cc1)c1ccc(F)c(F)c1F. The van der Waals surface area contributed by atoms with E-state index in [4.69, 9.17) is 4.74 Å². The van der Waals surface area contributed by atoms with E-state index in [-0.39, 0.29) is 13.2 Å². The van der Waals surface area contributed by atoms with Gasteiger partial charge >= 0.3 is 0 Å². The van der Waals surface area contributed by atoms with Gasteiger partial charge in [-0.25, -0.2) is 13.2 Å². The summed E-state index contributed by atoms with van der Waals surface area (Å²) >= 11 is 3.28. The fraction of sp³-hybridized carbons (Fsp3) is 0.133. The second kappa shape index (κ2) is 7.31. The predicted octanol–water partition coefficient (Wildman–Crippen LogP) is 3.68. The van der Waals surface area contributed by atoms with Crippen LogP contribution in [0.15, 0.2) is 40.9 Å². The molecule has 0 heterocycles. The highest BCUT2D eigenvalue weighted by molar-refractivity contribution is 9.10. The van der Waals surface area contributed by atoms with Crippen LogP contribution >= 0.6 is 15.9 Å². The minimum absolute atomic E-state index is 0.0906. The maximum Gasteiger partial charge on any atom is 0.254 e. The van der Waals surface area contributed by atoms with Gasteiger partial charge in [-0.15, -0.1) is 0 Å². The Morgan fingerprint density at radius 2 is 1.73 bits per heavy atom. The van der Waals surface area contributed by atoms with Crippen LogP contribution in [-0.2, 0) is 0 Å². The average Bonchev–Trinajstić information content (AvgIpc) is 2.51. The first-order valence-electron chi connectivity index (χ1n) is 6.29. The van der Waals surface area contributed by atoms with E-state index in [0.717, 1.165) is 10.5 Å². The molecular weight excluding hydrogens is 363 g/mol. The van der Waals surface area contributed by atoms with Crippen molar-refractivity contribution in [3.8, 4) is 5.75 Å². The smallest absolute Gasteiger partial charge is 0.254 e. The first-order chi connectivity index (χ1) is 10.5. The number of hydrogen-bond donors (Lipinski definition) is 1. The summed E-state index contributed by atoms with van der Waals surface area (Å²) in [6.45, 7) is 0.242. The number of benzene rings is 2. The highest BCUT2D eigenvalue weighted by Gasteiger charge is 2.18. The van der Waals surface area contributed by atoms with E-state index in [2.05, 4.69) is 21.2 Å². The Bertz CT molecular complexity index is 677. The van der Waals surface area contributed by atoms with Crippen molar-refractivity contribution in [2.24, 2.45) is 0 Å². The van der Waals surface area contributed by atoms with Crippen molar-refractivity contribution in [3.05, 3.63) is 63.9 Å². The lowest BCUT2D eigenvalue weighted by Gasteiger charge is -2.08. The third-order valence-electron chi connectivity index (χ3n) is 2.75. The van der Waals surface area contributed by atoms with E-state index >= 15 is 0 Å². The maximum absolute atomic E-state index is 13.4. The van der Waals surface area contributed by atoms with Gasteiger partial charge in [0.2, 0.25) is 0 Å². The van der Waals surface area contributed by atoms with Gasteiger partial charge in [0, 0.05) is 4.47 Å². The summed E-state index contributed by atoms with van der Waals surface area (Å²) in [4.78, 5) is 11.7. The maximum atomic E-state index is 13.4. The number of halogens is 4. The third kappa shape index (κ3) is 4.00. The fourth-order valence-corrected chi connectivity index (χ4v) is 1.93. The third-order valence-corrected chi connectivity index (χ3v) is 3.28. The quantitative estimate of drug-likeness (QED) is 0.641. The predicted molar refractivity (Wildman–Crippen MR) is 78.3 cm³/mol. The molecule has 0 radical (unpaired) electrons. The normalized spacial score (nSPS) is 10.4. The molecular formula is C15H11BrF3NO2. The number of nitrogens with one attached hydrogen (secondary N) is 1. The van der Waals surface area contributed by atoms with Crippen LogP contribution in [0.4, 0.5) is 13.2 Å². The van der Waals surface area contributed by atoms with E-state index in [0.29, 0.717) is 11.8 Å². The van der Waals surface area contributed by atoms with Gasteiger partial charge in [0.25, 0.3) is 5.91 Å². The zero-order valence-corrected chi connectivity index (χ0v) is 12.8. The molecule has 0 bridgehead atoms. The summed E-state index contributed by atoms with van der Waals surface area (Å²) < 4.78 is 45.5. The molecule has 0 aliphatic heterocycles. The van der Waals surface area contributed by atoms with Crippen LogP contribution in [0, 0.1) is 17.5 Å². The van der Waals surface area contributed by atoms with Crippen LogP contribution in [0.2, 0.25) is 0 Å². The molecule has 1 N–H and O–H groups in total. The van der Waals surface area contributed by atoms with Crippen LogP contribution in [0.25, 0.3) is 0 Å². The lowest BCUT2D eigenvalue weighted by atomic mass is 10.2. The Labute approximate surface area is 133 Å². The van der Waals surface area contributed by atoms with Crippen molar-refractivity contribution in [2.45, 2.75) is 0 Å². The summed E-state index contributed by atoms with van der Waals surface area (Å²) in [5, 5.41) is 2.37. The molecule has 0 fully saturated rings. The molecule has 0 aliphatic carbocycles. The summed E-state index contributed by atoms with van der Waals surface area (Å²) in [6, 6.07) is 8.65. The Morgan fingerprint density at radius 1 is 1.05 bits per heavy atom. The molecule has 0 spiro atoms. The molecule has 0 unspecified atom stereocenters. The number of rotatable bonds is 5. The molecule has 7 heteroatoms. The van der Waals surface area contributed by atoms with Gasteiger partial charge in [-0.3, -0.25) is 4.79 Å². The van der Waals surface area contributed by atoms with Crippen molar-refractivity contribution in [1.29, 1.82) is 0 Å². The lowest BCUT2D eigenvalue weighted by Crippen LogP contribution is -2.29. The Kier molecular flexibility index (Phi) is 5.43. The largest absolute Gasteiger partial charge is 0.492 e. The first kappa shape index (κ1) is 16.4. The zero-order chi connectivity index (χ0) is 16.1. The molecule has 3 nitrogen and oxygen atoms in total. The molecule has 0 aliphatic rings. The van der Waals surface area contributed by atoms with Gasteiger partial charge in [-0.2, -0.15) is 0 Å². The van der Waals surface area contributed by atoms with Gasteiger partial charge in [0.05, 0.1) is 12.1 Å². The Hall–Kier alpha value is -2.02. The Morgan fingerprint density at radius 3 is 2.41 bits per heavy atom. The summed E-state index contributed by atoms with van der Waals surface area (Å²) in [7, 11) is 0. The van der Waals surface area contributed by atoms with E-state index in [1.54, 1.807) is 24.3 Å². The van der Waals surface area contributed by atoms with E-state index in [1.807, 2.05) is 0 Å². The van der Waals surface area contributed by atoms with Gasteiger partial charge in [0.15, 0.2) is 17.5 Å². The van der Waals surface area contributed by atoms with Gasteiger partial charge in [-0.1, -0.05) is 15.9 Å². The van der Waals surface area contributed by atoms with E-state index in [1.165, 1.54) is 0 Å². The van der Waals surface area contributed by atoms with Gasteiger partial charge in [0.1, 0.15) is 12.4 Å². The van der Waals surface area contributed by atoms with E-state index < -0.39 is 28.9 Å². The van der Waals surface area contributed by atoms with Crippen molar-refractivity contribution < 1.29 is 22.7 Å². The van der Waals surface area contributed by atoms with Gasteiger partial charge < -0.3 is 10.1 Å². The molecule has 2 aromatic rings. The molecule has 2 rings (SSSR count). The minimum Gasteiger partial charge on any atom is -0.492 e. The average molecular weight is 374 g/mol. The number of carbonyl (C=O) groups is 1. The molecule has 0 aromatic heterocycles. The molecule has 0 saturated carbocycles. The Balaban J connectivity index is 1.85. The summed E-state index contributed by atoms with van der Waals surface area (Å²) in [6.07, 6.45) is 0. The summed E-state index contributed by atoms with van der Waals surface area (Å²) in [5.74, 6) is -4.75. The molecule has 2 aromatic carbocycles. The van der Waals surface area contributed by atoms with Crippen molar-refractivity contribution in [2.75, 3.05) is 13.2 Å². The van der Waals surface area contributed by atoms with Crippen LogP contribution in [0.3, 0.4) is 0 Å². The highest BCUT2D eigenvalue weighted by Crippen LogP contribution is 2.16. The lowest BCUT2D eigenvalue weighted by molar-refractivity contribution is 0.0941. The number of amides is 1. The summed E-state index contributed by atoms with van der Waals surface area (Å²) in [5.41, 5.74) is -0.553. The van der Waals surface area contributed by atoms with Crippen molar-refractivity contribution in [1.82, 2.24) is 5.32 Å². The monoisotopic (exact) mass is 373 g/mol. The number of ether oxygens (including phenoxy) is 1. The molecule has 0 atom stereocenters. The minimum atomic E-state index is -1.67. The number of hydrogen-bond acceptors (Lipinski definition) is 2. The second-order valence-corrected chi connectivity index (χ2v) is 5.20. The fourth-order valence-electron chi connectivity index (χ4n) is 1.66. The van der Waals surface area contributed by atoms with Crippen LogP contribution in [0.1, 0.15) is 10.4 Å². The highest BCUT2D eigenvalue weighted by atomic mass is 79.9. The first-order valence-corrected chi connectivity index (χ1v) is 7.08. The van der Waals surface area contributed by atoms with Crippen LogP contribution < -0.4 is 10.1 Å². The van der Waals surface area contributed by atoms with Crippen LogP contribution in [-0.4, -0.2) is 19.1 Å². The van der Waals surface area contributed by atoms with Crippen molar-refractivity contribution in [3.63, 3.8) is 0 Å². The van der Waals surface area contributed by atoms with Gasteiger partial charge in [-0.05, 0) is 36.4 Å². The standard InChI is InChI=1S/C15H11BrF3NO2/c16-9-1-3-10(4-2-9)22-8-7-20-15(21)11-5-6-12(17)14(19)13(11)18/h1-6H,7-8H2,(H,20,21). The molecule has 116 valence electrons. The van der Waals surface area contributed by atoms with E-state index in [9.17, 15) is 18.0 Å². The van der Waals surface area contributed by atoms with Crippen molar-refractivity contribution >= 4 is 21.8 Å². The zero-order valence-electron chi connectivity index (χ0n) is 11.2. The second-order valence-electron chi connectivity index (χ2n) is 4.28. The molecule has 0 saturated heterocycles. The van der Waals surface area contributed by atoms with Crippen LogP contribution in [0.5, 0.6) is 5.75 Å². The molecule has 1 amide bonds. The number of carbonyl (C=O) groups excluding carboxylic acids is 1. The topological polar surface area (TPSA) is 38.3 Å². The molecule has 22 heavy (non-hydrogen) atoms.